The van der Waals surface area contributed by atoms with Crippen molar-refractivity contribution < 1.29 is 14.9 Å². The van der Waals surface area contributed by atoms with E-state index in [1.165, 1.54) is 5.69 Å². The molecule has 4 unspecified atom stereocenters. The molecule has 2 aromatic rings. The molecule has 2 saturated heterocycles. The fourth-order valence-corrected chi connectivity index (χ4v) is 4.73. The molecule has 7 heteroatoms. The summed E-state index contributed by atoms with van der Waals surface area (Å²) in [7, 11) is 0. The van der Waals surface area contributed by atoms with Crippen LogP contribution in [0.15, 0.2) is 54.6 Å². The maximum atomic E-state index is 10.8. The highest BCUT2D eigenvalue weighted by Gasteiger charge is 2.46. The van der Waals surface area contributed by atoms with Crippen LogP contribution in [0.25, 0.3) is 0 Å². The summed E-state index contributed by atoms with van der Waals surface area (Å²) in [5.41, 5.74) is 2.33. The Morgan fingerprint density at radius 3 is 2.47 bits per heavy atom. The second-order valence-electron chi connectivity index (χ2n) is 8.00. The molecular weight excluding hydrogens is 402 g/mol. The van der Waals surface area contributed by atoms with Gasteiger partial charge in [-0.15, -0.1) is 0 Å². The zero-order chi connectivity index (χ0) is 20.9. The van der Waals surface area contributed by atoms with Gasteiger partial charge in [0.1, 0.15) is 12.2 Å². The summed E-state index contributed by atoms with van der Waals surface area (Å²) >= 11 is 6.06. The van der Waals surface area contributed by atoms with Gasteiger partial charge in [0.2, 0.25) is 0 Å². The molecule has 2 aromatic carbocycles. The van der Waals surface area contributed by atoms with Crippen molar-refractivity contribution in [3.63, 3.8) is 0 Å². The monoisotopic (exact) mass is 431 g/mol. The first-order valence-corrected chi connectivity index (χ1v) is 11.0. The highest BCUT2D eigenvalue weighted by Crippen LogP contribution is 2.27. The predicted octanol–water partition coefficient (Wildman–Crippen LogP) is 1.74. The molecule has 2 aliphatic heterocycles. The van der Waals surface area contributed by atoms with Crippen molar-refractivity contribution in [2.45, 2.75) is 30.9 Å². The van der Waals surface area contributed by atoms with Crippen LogP contribution in [-0.2, 0) is 11.3 Å². The van der Waals surface area contributed by atoms with Crippen molar-refractivity contribution in [2.24, 2.45) is 0 Å². The van der Waals surface area contributed by atoms with Crippen molar-refractivity contribution in [1.29, 1.82) is 0 Å². The molecule has 0 spiro atoms. The van der Waals surface area contributed by atoms with E-state index in [-0.39, 0.29) is 18.8 Å². The summed E-state index contributed by atoms with van der Waals surface area (Å²) in [6.07, 6.45) is -1.42. The zero-order valence-electron chi connectivity index (χ0n) is 17.0. The number of para-hydroxylation sites is 1. The number of nitrogens with zero attached hydrogens (tertiary/aromatic N) is 2. The Bertz CT molecular complexity index is 801. The van der Waals surface area contributed by atoms with E-state index in [0.717, 1.165) is 36.8 Å². The molecule has 3 N–H and O–H groups in total. The first kappa shape index (κ1) is 21.6. The summed E-state index contributed by atoms with van der Waals surface area (Å²) in [5.74, 6) is 0. The number of ether oxygens (including phenoxy) is 1. The summed E-state index contributed by atoms with van der Waals surface area (Å²) in [6.45, 7) is 4.61. The van der Waals surface area contributed by atoms with E-state index in [2.05, 4.69) is 39.4 Å². The predicted molar refractivity (Wildman–Crippen MR) is 119 cm³/mol. The Hall–Kier alpha value is -1.67. The summed E-state index contributed by atoms with van der Waals surface area (Å²) in [4.78, 5) is 4.68. The van der Waals surface area contributed by atoms with Crippen LogP contribution in [0, 0.1) is 0 Å². The first-order chi connectivity index (χ1) is 14.7. The van der Waals surface area contributed by atoms with Gasteiger partial charge in [-0.25, -0.2) is 0 Å². The molecule has 0 aromatic heterocycles. The van der Waals surface area contributed by atoms with Gasteiger partial charge in [-0.1, -0.05) is 41.9 Å². The van der Waals surface area contributed by atoms with Crippen molar-refractivity contribution >= 4 is 17.3 Å². The lowest BCUT2D eigenvalue weighted by Crippen LogP contribution is -2.57. The van der Waals surface area contributed by atoms with E-state index in [0.29, 0.717) is 13.1 Å². The van der Waals surface area contributed by atoms with Gasteiger partial charge in [-0.2, -0.15) is 0 Å². The smallest absolute Gasteiger partial charge is 0.109 e. The molecule has 162 valence electrons. The number of hydrogen-bond donors (Lipinski definition) is 3. The van der Waals surface area contributed by atoms with Crippen LogP contribution in [0.2, 0.25) is 5.02 Å². The molecule has 0 saturated carbocycles. The zero-order valence-corrected chi connectivity index (χ0v) is 17.8. The van der Waals surface area contributed by atoms with E-state index in [4.69, 9.17) is 16.3 Å². The fraction of sp³-hybridized carbons (Fsp3) is 0.478. The molecule has 0 bridgehead atoms. The van der Waals surface area contributed by atoms with E-state index in [9.17, 15) is 10.2 Å². The third-order valence-corrected chi connectivity index (χ3v) is 6.30. The van der Waals surface area contributed by atoms with Crippen LogP contribution in [0.4, 0.5) is 5.69 Å². The molecule has 0 radical (unpaired) electrons. The first-order valence-electron chi connectivity index (χ1n) is 10.6. The van der Waals surface area contributed by atoms with Gasteiger partial charge in [-0.3, -0.25) is 4.90 Å². The molecule has 0 amide bonds. The van der Waals surface area contributed by atoms with Gasteiger partial charge >= 0.3 is 0 Å². The van der Waals surface area contributed by atoms with E-state index < -0.39 is 12.2 Å². The topological polar surface area (TPSA) is 68.2 Å². The summed E-state index contributed by atoms with van der Waals surface area (Å²) in [5, 5.41) is 24.6. The second-order valence-corrected chi connectivity index (χ2v) is 8.43. The van der Waals surface area contributed by atoms with Crippen LogP contribution in [0.3, 0.4) is 0 Å². The largest absolute Gasteiger partial charge is 0.394 e. The number of rotatable bonds is 7. The molecule has 2 heterocycles. The molecular formula is C23H30ClN3O3. The van der Waals surface area contributed by atoms with Gasteiger partial charge in [-0.05, 0) is 29.8 Å². The highest BCUT2D eigenvalue weighted by atomic mass is 35.5. The van der Waals surface area contributed by atoms with Crippen LogP contribution in [0.1, 0.15) is 5.56 Å². The number of benzene rings is 2. The Morgan fingerprint density at radius 1 is 1.00 bits per heavy atom. The molecule has 0 aliphatic carbocycles. The number of hydrogen-bond acceptors (Lipinski definition) is 6. The van der Waals surface area contributed by atoms with Crippen molar-refractivity contribution in [1.82, 2.24) is 10.2 Å². The lowest BCUT2D eigenvalue weighted by molar-refractivity contribution is -0.0213. The Kier molecular flexibility index (Phi) is 7.25. The van der Waals surface area contributed by atoms with Crippen molar-refractivity contribution in [2.75, 3.05) is 44.2 Å². The molecule has 2 fully saturated rings. The minimum atomic E-state index is -0.698. The minimum absolute atomic E-state index is 0.132. The SMILES string of the molecule is OCC1OC(CNCc2cccc(Cl)c2)C(N2CCN(c3ccccc3)CC2)C1O. The minimum Gasteiger partial charge on any atom is -0.394 e. The molecule has 30 heavy (non-hydrogen) atoms. The third-order valence-electron chi connectivity index (χ3n) is 6.06. The number of aliphatic hydroxyl groups excluding tert-OH is 2. The van der Waals surface area contributed by atoms with Gasteiger partial charge in [0.25, 0.3) is 0 Å². The Morgan fingerprint density at radius 2 is 1.77 bits per heavy atom. The number of halogens is 1. The normalized spacial score (nSPS) is 27.5. The lowest BCUT2D eigenvalue weighted by Gasteiger charge is -2.41. The maximum absolute atomic E-state index is 10.8. The van der Waals surface area contributed by atoms with Gasteiger partial charge in [0.15, 0.2) is 0 Å². The van der Waals surface area contributed by atoms with E-state index in [1.807, 2.05) is 30.3 Å². The average Bonchev–Trinajstić information content (AvgIpc) is 3.10. The van der Waals surface area contributed by atoms with Crippen molar-refractivity contribution in [3.8, 4) is 0 Å². The number of piperazine rings is 1. The fourth-order valence-electron chi connectivity index (χ4n) is 4.52. The van der Waals surface area contributed by atoms with Gasteiger partial charge < -0.3 is 25.2 Å². The van der Waals surface area contributed by atoms with Gasteiger partial charge in [0.05, 0.1) is 18.8 Å². The Balaban J connectivity index is 1.36. The van der Waals surface area contributed by atoms with Crippen molar-refractivity contribution in [3.05, 3.63) is 65.2 Å². The van der Waals surface area contributed by atoms with E-state index >= 15 is 0 Å². The second kappa shape index (κ2) is 10.1. The Labute approximate surface area is 183 Å². The molecule has 2 aliphatic rings. The average molecular weight is 432 g/mol. The number of nitrogens with one attached hydrogen (secondary N) is 1. The van der Waals surface area contributed by atoms with Gasteiger partial charge in [0, 0.05) is 50.0 Å². The maximum Gasteiger partial charge on any atom is 0.109 e. The van der Waals surface area contributed by atoms with Crippen LogP contribution >= 0.6 is 11.6 Å². The third kappa shape index (κ3) is 4.97. The standard InChI is InChI=1S/C23H30ClN3O3/c24-18-6-4-5-17(13-18)14-25-15-20-22(23(29)21(16-28)30-20)27-11-9-26(10-12-27)19-7-2-1-3-8-19/h1-8,13,20-23,25,28-29H,9-12,14-16H2. The van der Waals surface area contributed by atoms with Crippen LogP contribution in [-0.4, -0.2) is 78.8 Å². The van der Waals surface area contributed by atoms with E-state index in [1.54, 1.807) is 0 Å². The highest BCUT2D eigenvalue weighted by molar-refractivity contribution is 6.30. The van der Waals surface area contributed by atoms with Crippen LogP contribution in [0.5, 0.6) is 0 Å². The number of anilines is 1. The molecule has 4 rings (SSSR count). The van der Waals surface area contributed by atoms with Crippen LogP contribution < -0.4 is 10.2 Å². The summed E-state index contributed by atoms with van der Waals surface area (Å²) < 4.78 is 6.02. The molecule has 6 nitrogen and oxygen atoms in total. The number of aliphatic hydroxyl groups is 2. The lowest BCUT2D eigenvalue weighted by atomic mass is 10.0. The molecule has 4 atom stereocenters. The quantitative estimate of drug-likeness (QED) is 0.620. The summed E-state index contributed by atoms with van der Waals surface area (Å²) in [6, 6.07) is 18.0.